The smallest absolute Gasteiger partial charge is 0 e. The van der Waals surface area contributed by atoms with E-state index >= 15 is 0 Å². The maximum Gasteiger partial charge on any atom is 0 e. The molecule has 0 aromatic heterocycles. The van der Waals surface area contributed by atoms with Gasteiger partial charge in [0.1, 0.15) is 11.4 Å². The molecule has 4 nitrogen and oxygen atoms in total. The van der Waals surface area contributed by atoms with Crippen molar-refractivity contribution >= 4 is 13.3 Å². The number of hydrogen-bond donors (Lipinski definition) is 0. The quantitative estimate of drug-likeness (QED) is 0.271. The minimum atomic E-state index is -1.29. The first-order valence-electron chi connectivity index (χ1n) is 11.1. The fraction of sp³-hybridized carbons (Fsp3) is 0.464. The Labute approximate surface area is 216 Å². The van der Waals surface area contributed by atoms with Crippen LogP contribution in [0.15, 0.2) is 54.6 Å². The van der Waals surface area contributed by atoms with Gasteiger partial charge in [0.25, 0.3) is 0 Å². The van der Waals surface area contributed by atoms with Crippen LogP contribution in [0.3, 0.4) is 0 Å². The van der Waals surface area contributed by atoms with Crippen molar-refractivity contribution in [2.75, 3.05) is 0 Å². The zero-order valence-electron chi connectivity index (χ0n) is 20.9. The predicted molar refractivity (Wildman–Crippen MR) is 129 cm³/mol. The molecule has 180 valence electrons. The van der Waals surface area contributed by atoms with Gasteiger partial charge in [-0.2, -0.15) is 0 Å². The number of benzene rings is 2. The molecule has 2 aromatic rings. The Hall–Kier alpha value is -1.79. The molecule has 0 unspecified atom stereocenters. The topological polar surface area (TPSA) is 68.9 Å². The molecule has 2 saturated carbocycles. The molecule has 0 amide bonds. The molecule has 4 rings (SSSR count). The van der Waals surface area contributed by atoms with Crippen LogP contribution < -0.4 is 9.92 Å². The van der Waals surface area contributed by atoms with Crippen LogP contribution in [0, 0.1) is 36.7 Å². The zero-order chi connectivity index (χ0) is 25.5. The van der Waals surface area contributed by atoms with Gasteiger partial charge in [0.05, 0.1) is 8.07 Å². The van der Waals surface area contributed by atoms with Crippen LogP contribution in [0.2, 0.25) is 19.6 Å². The number of fused-ring (bicyclic) bond motifs is 2. The molecule has 0 aliphatic heterocycles. The van der Waals surface area contributed by atoms with E-state index in [0.29, 0.717) is 5.41 Å². The second-order valence-corrected chi connectivity index (χ2v) is 15.6. The van der Waals surface area contributed by atoms with E-state index in [9.17, 15) is 0 Å². The van der Waals surface area contributed by atoms with E-state index in [0.717, 1.165) is 18.1 Å². The number of hydrogen-bond acceptors (Lipinski definition) is 1. The fourth-order valence-corrected chi connectivity index (χ4v) is 7.00. The van der Waals surface area contributed by atoms with Crippen molar-refractivity contribution in [3.63, 3.8) is 0 Å². The van der Waals surface area contributed by atoms with Crippen molar-refractivity contribution in [1.29, 1.82) is 0 Å². The normalized spacial score (nSPS) is 25.5. The van der Waals surface area contributed by atoms with E-state index in [-0.39, 0.29) is 28.4 Å². The predicted octanol–water partition coefficient (Wildman–Crippen LogP) is 6.24. The Morgan fingerprint density at radius 2 is 1.32 bits per heavy atom. The van der Waals surface area contributed by atoms with Crippen molar-refractivity contribution in [2.24, 2.45) is 16.7 Å². The van der Waals surface area contributed by atoms with E-state index in [1.165, 1.54) is 23.6 Å². The Kier molecular flexibility index (Phi) is 12.1. The first kappa shape index (κ1) is 32.2. The van der Waals surface area contributed by atoms with Gasteiger partial charge in [-0.25, -0.2) is 0 Å². The fourth-order valence-electron chi connectivity index (χ4n) is 5.83. The Bertz CT molecular complexity index is 946. The molecular weight excluding hydrogens is 480 g/mol. The molecule has 2 fully saturated rings. The van der Waals surface area contributed by atoms with E-state index in [4.69, 9.17) is 18.7 Å². The molecule has 0 heterocycles. The standard InChI is InChI=1S/C25H34OSi.3CO.Cr/c1-23(2)20-16-17-24(23,3)25(18-20,19-10-8-7-9-11-19)26-21-12-14-22(15-13-21)27(4,5)6;3*1-2;/h7-15,20H,16-18H2,1-6H3;;;;/t20-,24-,25+;;;;/m1..../s1. The SMILES string of the molecule is CC1(C)[C@@H]2CC[C@@]1(C)[C@@](Oc1ccc([Si](C)(C)C)cc1)(c1ccccc1)C2.[C-]#[O+].[C-]#[O+].[C-]#[O+].[Cr]. The average Bonchev–Trinajstić information content (AvgIpc) is 3.16. The molecule has 2 bridgehead atoms. The summed E-state index contributed by atoms with van der Waals surface area (Å²) in [5, 5.41) is 1.49. The van der Waals surface area contributed by atoms with Crippen LogP contribution in [0.5, 0.6) is 5.75 Å². The summed E-state index contributed by atoms with van der Waals surface area (Å²) in [6.07, 6.45) is 3.69. The monoisotopic (exact) mass is 514 g/mol. The molecule has 6 heteroatoms. The Morgan fingerprint density at radius 1 is 0.824 bits per heavy atom. The molecule has 34 heavy (non-hydrogen) atoms. The average molecular weight is 515 g/mol. The first-order valence-corrected chi connectivity index (χ1v) is 14.6. The molecule has 0 radical (unpaired) electrons. The number of ether oxygens (including phenoxy) is 1. The summed E-state index contributed by atoms with van der Waals surface area (Å²) in [6, 6.07) is 20.0. The summed E-state index contributed by atoms with van der Waals surface area (Å²) in [6.45, 7) is 28.1. The van der Waals surface area contributed by atoms with Gasteiger partial charge in [0.15, 0.2) is 0 Å². The second-order valence-electron chi connectivity index (χ2n) is 10.6. The van der Waals surface area contributed by atoms with Crippen molar-refractivity contribution in [1.82, 2.24) is 0 Å². The van der Waals surface area contributed by atoms with Crippen LogP contribution in [0.1, 0.15) is 45.6 Å². The summed E-state index contributed by atoms with van der Waals surface area (Å²) >= 11 is 0. The Morgan fingerprint density at radius 3 is 1.71 bits per heavy atom. The van der Waals surface area contributed by atoms with Crippen LogP contribution in [0.25, 0.3) is 0 Å². The van der Waals surface area contributed by atoms with Gasteiger partial charge < -0.3 is 4.74 Å². The Balaban J connectivity index is 0.00000145. The molecular formula is C28H34CrO4Si. The van der Waals surface area contributed by atoms with Gasteiger partial charge in [0.2, 0.25) is 0 Å². The van der Waals surface area contributed by atoms with E-state index in [1.807, 2.05) is 0 Å². The van der Waals surface area contributed by atoms with Gasteiger partial charge in [-0.15, -0.1) is 0 Å². The third-order valence-electron chi connectivity index (χ3n) is 8.11. The van der Waals surface area contributed by atoms with E-state index in [2.05, 4.69) is 115 Å². The summed E-state index contributed by atoms with van der Waals surface area (Å²) in [5.74, 6) is 1.74. The van der Waals surface area contributed by atoms with Crippen molar-refractivity contribution in [3.05, 3.63) is 80.1 Å². The molecule has 0 N–H and O–H groups in total. The van der Waals surface area contributed by atoms with Crippen LogP contribution in [0.4, 0.5) is 0 Å². The van der Waals surface area contributed by atoms with Gasteiger partial charge >= 0.3 is 33.9 Å². The third-order valence-corrected chi connectivity index (χ3v) is 10.2. The van der Waals surface area contributed by atoms with Crippen LogP contribution in [-0.2, 0) is 36.9 Å². The number of rotatable bonds is 4. The largest absolute Gasteiger partial charge is 0 e. The van der Waals surface area contributed by atoms with Crippen LogP contribution >= 0.6 is 0 Å². The molecule has 0 saturated heterocycles. The molecule has 0 spiro atoms. The minimum Gasteiger partial charge on any atom is 0 e. The summed E-state index contributed by atoms with van der Waals surface area (Å²) < 4.78 is 29.5. The molecule has 2 aromatic carbocycles. The summed E-state index contributed by atoms with van der Waals surface area (Å²) in [4.78, 5) is 0. The van der Waals surface area contributed by atoms with Gasteiger partial charge in [-0.1, -0.05) is 88.1 Å². The van der Waals surface area contributed by atoms with Gasteiger partial charge in [-0.05, 0) is 48.3 Å². The second kappa shape index (κ2) is 12.8. The van der Waals surface area contributed by atoms with Gasteiger partial charge in [0, 0.05) is 22.8 Å². The summed E-state index contributed by atoms with van der Waals surface area (Å²) in [7, 11) is -1.29. The molecule has 2 aliphatic rings. The van der Waals surface area contributed by atoms with E-state index < -0.39 is 8.07 Å². The van der Waals surface area contributed by atoms with Crippen molar-refractivity contribution in [2.45, 2.75) is 65.3 Å². The zero-order valence-corrected chi connectivity index (χ0v) is 23.2. The first-order chi connectivity index (χ1) is 15.6. The molecule has 2 aliphatic carbocycles. The maximum atomic E-state index is 7.50. The molecule has 3 atom stereocenters. The third kappa shape index (κ3) is 5.54. The van der Waals surface area contributed by atoms with E-state index in [1.54, 1.807) is 0 Å². The maximum absolute atomic E-state index is 7.50. The van der Waals surface area contributed by atoms with Crippen molar-refractivity contribution in [3.8, 4) is 5.75 Å². The van der Waals surface area contributed by atoms with Gasteiger partial charge in [-0.3, -0.25) is 0 Å². The minimum absolute atomic E-state index is 0. The summed E-state index contributed by atoms with van der Waals surface area (Å²) in [5.41, 5.74) is 1.54. The van der Waals surface area contributed by atoms with Crippen LogP contribution in [-0.4, -0.2) is 8.07 Å². The van der Waals surface area contributed by atoms with Crippen molar-refractivity contribution < 1.29 is 36.1 Å².